The Morgan fingerprint density at radius 2 is 2.04 bits per heavy atom. The van der Waals surface area contributed by atoms with Gasteiger partial charge in [0.25, 0.3) is 5.91 Å². The van der Waals surface area contributed by atoms with Gasteiger partial charge in [0.05, 0.1) is 11.6 Å². The number of hydrogen-bond donors (Lipinski definition) is 2. The molecular weight excluding hydrogens is 367 g/mol. The molecule has 2 aliphatic heterocycles. The summed E-state index contributed by atoms with van der Waals surface area (Å²) in [7, 11) is 0. The van der Waals surface area contributed by atoms with Crippen molar-refractivity contribution in [3.63, 3.8) is 0 Å². The molecule has 3 amide bonds. The molecule has 4 rings (SSSR count). The standard InChI is InChI=1S/C19H17FN4O2S/c20-15-7-2-1-6-14(15)17(25)23-18(26)21-13-5-3-4-12(10-13)16-11-24-8-9-27-19(24)22-16/h1-7,10,16H,8-9,11H2,(H2,21,23,25,26)/t16-/m1/s1. The second-order valence-corrected chi connectivity index (χ2v) is 7.30. The van der Waals surface area contributed by atoms with Gasteiger partial charge in [-0.3, -0.25) is 15.1 Å². The van der Waals surface area contributed by atoms with Gasteiger partial charge in [-0.15, -0.1) is 0 Å². The van der Waals surface area contributed by atoms with Crippen molar-refractivity contribution in [2.24, 2.45) is 4.99 Å². The zero-order valence-corrected chi connectivity index (χ0v) is 15.1. The first-order valence-corrected chi connectivity index (χ1v) is 9.51. The summed E-state index contributed by atoms with van der Waals surface area (Å²) in [5, 5.41) is 5.83. The normalized spacial score (nSPS) is 18.0. The van der Waals surface area contributed by atoms with E-state index in [2.05, 4.69) is 15.5 Å². The summed E-state index contributed by atoms with van der Waals surface area (Å²) in [6.45, 7) is 1.85. The molecule has 0 saturated carbocycles. The van der Waals surface area contributed by atoms with Crippen LogP contribution in [0.15, 0.2) is 53.5 Å². The molecule has 1 saturated heterocycles. The van der Waals surface area contributed by atoms with Gasteiger partial charge >= 0.3 is 6.03 Å². The molecule has 0 aliphatic carbocycles. The molecule has 2 aromatic carbocycles. The van der Waals surface area contributed by atoms with Crippen LogP contribution in [0.3, 0.4) is 0 Å². The molecule has 0 spiro atoms. The number of hydrogen-bond acceptors (Lipinski definition) is 5. The first-order chi connectivity index (χ1) is 13.1. The van der Waals surface area contributed by atoms with E-state index in [9.17, 15) is 14.0 Å². The number of rotatable bonds is 3. The smallest absolute Gasteiger partial charge is 0.326 e. The third kappa shape index (κ3) is 3.80. The van der Waals surface area contributed by atoms with Crippen LogP contribution in [0.25, 0.3) is 0 Å². The zero-order chi connectivity index (χ0) is 18.8. The van der Waals surface area contributed by atoms with Gasteiger partial charge in [-0.2, -0.15) is 0 Å². The Kier molecular flexibility index (Phi) is 4.81. The number of thioether (sulfide) groups is 1. The molecule has 2 aromatic rings. The maximum Gasteiger partial charge on any atom is 0.326 e. The van der Waals surface area contributed by atoms with Crippen LogP contribution in [0, 0.1) is 5.82 Å². The molecule has 0 bridgehead atoms. The molecule has 0 radical (unpaired) electrons. The van der Waals surface area contributed by atoms with Crippen molar-refractivity contribution < 1.29 is 14.0 Å². The minimum atomic E-state index is -0.790. The molecule has 6 nitrogen and oxygen atoms in total. The number of halogens is 1. The molecule has 1 fully saturated rings. The van der Waals surface area contributed by atoms with Gasteiger partial charge < -0.3 is 10.2 Å². The van der Waals surface area contributed by atoms with Crippen molar-refractivity contribution in [3.8, 4) is 0 Å². The number of imide groups is 1. The lowest BCUT2D eigenvalue weighted by Crippen LogP contribution is -2.34. The van der Waals surface area contributed by atoms with E-state index >= 15 is 0 Å². The molecule has 0 unspecified atom stereocenters. The van der Waals surface area contributed by atoms with E-state index in [-0.39, 0.29) is 11.6 Å². The average Bonchev–Trinajstić information content (AvgIpc) is 3.24. The van der Waals surface area contributed by atoms with Gasteiger partial charge in [-0.05, 0) is 29.8 Å². The van der Waals surface area contributed by atoms with Crippen LogP contribution in [0.5, 0.6) is 0 Å². The second-order valence-electron chi connectivity index (χ2n) is 6.24. The van der Waals surface area contributed by atoms with Gasteiger partial charge in [-0.1, -0.05) is 36.0 Å². The summed E-state index contributed by atoms with van der Waals surface area (Å²) in [5.74, 6) is -0.395. The molecule has 138 valence electrons. The molecule has 1 atom stereocenters. The Balaban J connectivity index is 1.41. The third-order valence-electron chi connectivity index (χ3n) is 4.40. The number of urea groups is 1. The number of nitrogens with one attached hydrogen (secondary N) is 2. The zero-order valence-electron chi connectivity index (χ0n) is 14.3. The summed E-state index contributed by atoms with van der Waals surface area (Å²) < 4.78 is 13.6. The van der Waals surface area contributed by atoms with E-state index in [0.29, 0.717) is 5.69 Å². The van der Waals surface area contributed by atoms with E-state index in [1.165, 1.54) is 24.3 Å². The Morgan fingerprint density at radius 3 is 2.85 bits per heavy atom. The van der Waals surface area contributed by atoms with E-state index in [0.717, 1.165) is 29.6 Å². The minimum absolute atomic E-state index is 0.0395. The Bertz CT molecular complexity index is 933. The van der Waals surface area contributed by atoms with Crippen LogP contribution in [0.2, 0.25) is 0 Å². The highest BCUT2D eigenvalue weighted by molar-refractivity contribution is 8.14. The summed E-state index contributed by atoms with van der Waals surface area (Å²) in [5.41, 5.74) is 1.36. The predicted molar refractivity (Wildman–Crippen MR) is 104 cm³/mol. The molecule has 2 N–H and O–H groups in total. The lowest BCUT2D eigenvalue weighted by molar-refractivity contribution is 0.0963. The molecule has 27 heavy (non-hydrogen) atoms. The predicted octanol–water partition coefficient (Wildman–Crippen LogP) is 3.25. The number of amides is 3. The van der Waals surface area contributed by atoms with Gasteiger partial charge in [-0.25, -0.2) is 9.18 Å². The lowest BCUT2D eigenvalue weighted by atomic mass is 10.1. The SMILES string of the molecule is O=C(NC(=O)c1ccccc1F)Nc1cccc([C@H]2CN3CCSC3=N2)c1. The van der Waals surface area contributed by atoms with Gasteiger partial charge in [0.2, 0.25) is 0 Å². The third-order valence-corrected chi connectivity index (χ3v) is 5.41. The van der Waals surface area contributed by atoms with Crippen molar-refractivity contribution in [2.75, 3.05) is 24.2 Å². The number of amidine groups is 1. The van der Waals surface area contributed by atoms with Crippen molar-refractivity contribution in [1.82, 2.24) is 10.2 Å². The van der Waals surface area contributed by atoms with Gasteiger partial charge in [0.15, 0.2) is 5.17 Å². The highest BCUT2D eigenvalue weighted by Gasteiger charge is 2.30. The summed E-state index contributed by atoms with van der Waals surface area (Å²) in [6, 6.07) is 12.2. The van der Waals surface area contributed by atoms with Crippen molar-refractivity contribution in [1.29, 1.82) is 0 Å². The second kappa shape index (κ2) is 7.40. The number of nitrogens with zero attached hydrogens (tertiary/aromatic N) is 2. The largest absolute Gasteiger partial charge is 0.348 e. The summed E-state index contributed by atoms with van der Waals surface area (Å²) in [6.07, 6.45) is 0. The van der Waals surface area contributed by atoms with Crippen molar-refractivity contribution >= 4 is 34.6 Å². The number of fused-ring (bicyclic) bond motifs is 1. The van der Waals surface area contributed by atoms with Crippen LogP contribution in [0.4, 0.5) is 14.9 Å². The number of benzene rings is 2. The number of carbonyl (C=O) groups excluding carboxylic acids is 2. The molecule has 2 heterocycles. The van der Waals surface area contributed by atoms with E-state index in [4.69, 9.17) is 4.99 Å². The fourth-order valence-corrected chi connectivity index (χ4v) is 4.13. The quantitative estimate of drug-likeness (QED) is 0.852. The summed E-state index contributed by atoms with van der Waals surface area (Å²) >= 11 is 1.76. The van der Waals surface area contributed by atoms with Crippen LogP contribution >= 0.6 is 11.8 Å². The summed E-state index contributed by atoms with van der Waals surface area (Å²) in [4.78, 5) is 31.1. The van der Waals surface area contributed by atoms with Crippen LogP contribution < -0.4 is 10.6 Å². The van der Waals surface area contributed by atoms with Crippen LogP contribution in [0.1, 0.15) is 22.0 Å². The minimum Gasteiger partial charge on any atom is -0.348 e. The van der Waals surface area contributed by atoms with E-state index in [1.54, 1.807) is 17.8 Å². The number of anilines is 1. The van der Waals surface area contributed by atoms with Crippen molar-refractivity contribution in [2.45, 2.75) is 6.04 Å². The molecule has 0 aromatic heterocycles. The van der Waals surface area contributed by atoms with E-state index in [1.807, 2.05) is 18.2 Å². The topological polar surface area (TPSA) is 73.8 Å². The van der Waals surface area contributed by atoms with Crippen molar-refractivity contribution in [3.05, 3.63) is 65.5 Å². The Hall–Kier alpha value is -2.87. The molecular formula is C19H17FN4O2S. The highest BCUT2D eigenvalue weighted by Crippen LogP contribution is 2.32. The maximum absolute atomic E-state index is 13.6. The molecule has 2 aliphatic rings. The number of aliphatic imine (C=N–C) groups is 1. The first-order valence-electron chi connectivity index (χ1n) is 8.52. The lowest BCUT2D eigenvalue weighted by Gasteiger charge is -2.14. The number of carbonyl (C=O) groups is 2. The Morgan fingerprint density at radius 1 is 1.19 bits per heavy atom. The fourth-order valence-electron chi connectivity index (χ4n) is 3.09. The first kappa shape index (κ1) is 17.5. The van der Waals surface area contributed by atoms with E-state index < -0.39 is 17.8 Å². The van der Waals surface area contributed by atoms with Gasteiger partial charge in [0.1, 0.15) is 5.82 Å². The molecule has 8 heteroatoms. The fraction of sp³-hybridized carbons (Fsp3) is 0.211. The van der Waals surface area contributed by atoms with Gasteiger partial charge in [0, 0.05) is 24.5 Å². The maximum atomic E-state index is 13.6. The van der Waals surface area contributed by atoms with Crippen LogP contribution in [-0.2, 0) is 0 Å². The monoisotopic (exact) mass is 384 g/mol. The average molecular weight is 384 g/mol. The Labute approximate surface area is 159 Å². The highest BCUT2D eigenvalue weighted by atomic mass is 32.2. The van der Waals surface area contributed by atoms with Crippen LogP contribution in [-0.4, -0.2) is 40.8 Å².